The Kier molecular flexibility index (Phi) is 6.81. The summed E-state index contributed by atoms with van der Waals surface area (Å²) in [7, 11) is 2.29. The molecule has 0 saturated carbocycles. The number of hydrogen-bond donors (Lipinski definition) is 1. The van der Waals surface area contributed by atoms with Crippen molar-refractivity contribution in [3.8, 4) is 6.07 Å². The van der Waals surface area contributed by atoms with Crippen molar-refractivity contribution >= 4 is 23.6 Å². The molecule has 2 atom stereocenters. The van der Waals surface area contributed by atoms with Crippen LogP contribution >= 0.6 is 0 Å². The summed E-state index contributed by atoms with van der Waals surface area (Å²) in [4.78, 5) is 36.1. The summed E-state index contributed by atoms with van der Waals surface area (Å²) < 4.78 is 9.19. The van der Waals surface area contributed by atoms with Gasteiger partial charge in [0.25, 0.3) is 0 Å². The van der Waals surface area contributed by atoms with Gasteiger partial charge in [-0.05, 0) is 19.4 Å². The minimum Gasteiger partial charge on any atom is -0.468 e. The molecule has 25 heavy (non-hydrogen) atoms. The number of rotatable bonds is 6. The zero-order valence-electron chi connectivity index (χ0n) is 14.4. The molecule has 2 unspecified atom stereocenters. The van der Waals surface area contributed by atoms with Crippen molar-refractivity contribution in [3.05, 3.63) is 35.9 Å². The quantitative estimate of drug-likeness (QED) is 0.475. The maximum Gasteiger partial charge on any atom is 0.427 e. The van der Waals surface area contributed by atoms with E-state index in [0.29, 0.717) is 5.56 Å². The van der Waals surface area contributed by atoms with Gasteiger partial charge in [-0.15, -0.1) is 0 Å². The molecule has 1 aromatic rings. The summed E-state index contributed by atoms with van der Waals surface area (Å²) in [5.41, 5.74) is 0.582. The van der Waals surface area contributed by atoms with E-state index in [1.165, 1.54) is 13.8 Å². The second kappa shape index (κ2) is 8.59. The molecule has 8 nitrogen and oxygen atoms in total. The largest absolute Gasteiger partial charge is 0.468 e. The van der Waals surface area contributed by atoms with E-state index in [0.717, 1.165) is 14.2 Å². The van der Waals surface area contributed by atoms with Crippen molar-refractivity contribution in [3.63, 3.8) is 0 Å². The standard InChI is InChI=1S/C17H19N3O5/c1-11(19-20-16(23)25-4)14(15(22)24-3)17(10-18,12(2)21)13-8-6-5-7-9-13/h5-9,14H,1-4H3,(H,20,23)/b19-11+. The van der Waals surface area contributed by atoms with Crippen LogP contribution < -0.4 is 5.43 Å². The van der Waals surface area contributed by atoms with Gasteiger partial charge in [0.05, 0.1) is 26.0 Å². The Morgan fingerprint density at radius 3 is 2.20 bits per heavy atom. The summed E-state index contributed by atoms with van der Waals surface area (Å²) in [6.07, 6.45) is -0.854. The fourth-order valence-electron chi connectivity index (χ4n) is 2.50. The molecule has 132 valence electrons. The van der Waals surface area contributed by atoms with Gasteiger partial charge in [0.15, 0.2) is 11.2 Å². The van der Waals surface area contributed by atoms with Crippen LogP contribution in [0.4, 0.5) is 4.79 Å². The third-order valence-corrected chi connectivity index (χ3v) is 3.76. The van der Waals surface area contributed by atoms with Gasteiger partial charge >= 0.3 is 12.1 Å². The smallest absolute Gasteiger partial charge is 0.427 e. The van der Waals surface area contributed by atoms with Gasteiger partial charge in [-0.2, -0.15) is 10.4 Å². The number of hydrazone groups is 1. The first-order chi connectivity index (χ1) is 11.8. The van der Waals surface area contributed by atoms with E-state index in [2.05, 4.69) is 15.3 Å². The number of ether oxygens (including phenoxy) is 2. The molecule has 1 amide bonds. The van der Waals surface area contributed by atoms with Crippen LogP contribution in [0.2, 0.25) is 0 Å². The molecular formula is C17H19N3O5. The van der Waals surface area contributed by atoms with Crippen LogP contribution in [-0.4, -0.2) is 37.8 Å². The molecule has 0 fully saturated rings. The minimum atomic E-state index is -1.85. The maximum absolute atomic E-state index is 12.5. The lowest BCUT2D eigenvalue weighted by Gasteiger charge is -2.31. The molecule has 0 saturated heterocycles. The lowest BCUT2D eigenvalue weighted by molar-refractivity contribution is -0.146. The van der Waals surface area contributed by atoms with Gasteiger partial charge in [-0.3, -0.25) is 9.59 Å². The summed E-state index contributed by atoms with van der Waals surface area (Å²) in [6, 6.07) is 10.1. The number of ketones is 1. The lowest BCUT2D eigenvalue weighted by atomic mass is 9.67. The molecule has 0 aromatic heterocycles. The summed E-state index contributed by atoms with van der Waals surface area (Å²) in [6.45, 7) is 2.63. The third-order valence-electron chi connectivity index (χ3n) is 3.76. The van der Waals surface area contributed by atoms with Crippen LogP contribution in [-0.2, 0) is 24.5 Å². The zero-order chi connectivity index (χ0) is 19.0. The van der Waals surface area contributed by atoms with Crippen LogP contribution in [0.3, 0.4) is 0 Å². The average Bonchev–Trinajstić information content (AvgIpc) is 2.63. The van der Waals surface area contributed by atoms with Gasteiger partial charge in [0, 0.05) is 0 Å². The SMILES string of the molecule is COC(=O)N/N=C(\C)C(C(=O)OC)C(C#N)(C(C)=O)c1ccccc1. The molecule has 0 bridgehead atoms. The second-order valence-electron chi connectivity index (χ2n) is 5.15. The lowest BCUT2D eigenvalue weighted by Crippen LogP contribution is -2.48. The molecule has 1 N–H and O–H groups in total. The highest BCUT2D eigenvalue weighted by atomic mass is 16.5. The molecule has 0 radical (unpaired) electrons. The van der Waals surface area contributed by atoms with Crippen LogP contribution in [0.15, 0.2) is 35.4 Å². The van der Waals surface area contributed by atoms with Gasteiger partial charge < -0.3 is 9.47 Å². The Bertz CT molecular complexity index is 724. The Labute approximate surface area is 145 Å². The molecule has 0 aliphatic rings. The number of methoxy groups -OCH3 is 2. The highest BCUT2D eigenvalue weighted by molar-refractivity contribution is 6.10. The Hall–Kier alpha value is -3.21. The molecule has 0 aliphatic heterocycles. The van der Waals surface area contributed by atoms with E-state index in [9.17, 15) is 19.6 Å². The van der Waals surface area contributed by atoms with Gasteiger partial charge in [-0.25, -0.2) is 10.2 Å². The average molecular weight is 345 g/mol. The first kappa shape index (κ1) is 19.8. The predicted molar refractivity (Wildman–Crippen MR) is 88.6 cm³/mol. The summed E-state index contributed by atoms with van der Waals surface area (Å²) in [5.74, 6) is -2.72. The van der Waals surface area contributed by atoms with Crippen molar-refractivity contribution in [2.75, 3.05) is 14.2 Å². The Morgan fingerprint density at radius 1 is 1.16 bits per heavy atom. The van der Waals surface area contributed by atoms with E-state index < -0.39 is 29.2 Å². The number of carbonyl (C=O) groups is 3. The van der Waals surface area contributed by atoms with Crippen molar-refractivity contribution in [2.24, 2.45) is 11.0 Å². The van der Waals surface area contributed by atoms with E-state index in [-0.39, 0.29) is 5.71 Å². The molecule has 0 aliphatic carbocycles. The number of benzene rings is 1. The molecule has 8 heteroatoms. The Balaban J connectivity index is 3.57. The second-order valence-corrected chi connectivity index (χ2v) is 5.15. The predicted octanol–water partition coefficient (Wildman–Crippen LogP) is 1.56. The molecular weight excluding hydrogens is 326 g/mol. The van der Waals surface area contributed by atoms with Crippen LogP contribution in [0.1, 0.15) is 19.4 Å². The van der Waals surface area contributed by atoms with E-state index in [1.807, 2.05) is 6.07 Å². The summed E-state index contributed by atoms with van der Waals surface area (Å²) in [5, 5.41) is 13.6. The van der Waals surface area contributed by atoms with Crippen LogP contribution in [0.5, 0.6) is 0 Å². The van der Waals surface area contributed by atoms with Crippen molar-refractivity contribution in [2.45, 2.75) is 19.3 Å². The first-order valence-corrected chi connectivity index (χ1v) is 7.28. The molecule has 0 spiro atoms. The van der Waals surface area contributed by atoms with Crippen molar-refractivity contribution < 1.29 is 23.9 Å². The number of nitriles is 1. The van der Waals surface area contributed by atoms with Gasteiger partial charge in [-0.1, -0.05) is 30.3 Å². The van der Waals surface area contributed by atoms with Gasteiger partial charge in [0.2, 0.25) is 0 Å². The topological polar surface area (TPSA) is 118 Å². The number of hydrogen-bond acceptors (Lipinski definition) is 7. The highest BCUT2D eigenvalue weighted by Gasteiger charge is 2.51. The zero-order valence-corrected chi connectivity index (χ0v) is 14.4. The molecule has 1 aromatic carbocycles. The number of amides is 1. The fraction of sp³-hybridized carbons (Fsp3) is 0.353. The van der Waals surface area contributed by atoms with Crippen molar-refractivity contribution in [1.29, 1.82) is 5.26 Å². The molecule has 1 rings (SSSR count). The van der Waals surface area contributed by atoms with Crippen LogP contribution in [0.25, 0.3) is 0 Å². The number of esters is 1. The first-order valence-electron chi connectivity index (χ1n) is 7.28. The fourth-order valence-corrected chi connectivity index (χ4v) is 2.50. The number of carbonyl (C=O) groups excluding carboxylic acids is 3. The summed E-state index contributed by atoms with van der Waals surface area (Å²) >= 11 is 0. The van der Waals surface area contributed by atoms with E-state index in [4.69, 9.17) is 4.74 Å². The molecule has 0 heterocycles. The van der Waals surface area contributed by atoms with Crippen LogP contribution in [0, 0.1) is 17.2 Å². The monoisotopic (exact) mass is 345 g/mol. The number of Topliss-reactive ketones (excluding diaryl/α,β-unsaturated/α-hetero) is 1. The number of nitrogens with zero attached hydrogens (tertiary/aromatic N) is 2. The number of nitrogens with one attached hydrogen (secondary N) is 1. The minimum absolute atomic E-state index is 0.0258. The van der Waals surface area contributed by atoms with E-state index in [1.54, 1.807) is 30.3 Å². The maximum atomic E-state index is 12.5. The normalized spacial score (nSPS) is 14.4. The van der Waals surface area contributed by atoms with Gasteiger partial charge in [0.1, 0.15) is 5.92 Å². The van der Waals surface area contributed by atoms with E-state index >= 15 is 0 Å². The Morgan fingerprint density at radius 2 is 1.76 bits per heavy atom. The third kappa shape index (κ3) is 4.01. The highest BCUT2D eigenvalue weighted by Crippen LogP contribution is 2.35. The van der Waals surface area contributed by atoms with Crippen molar-refractivity contribution in [1.82, 2.24) is 5.43 Å².